The normalized spacial score (nSPS) is 10.3. The summed E-state index contributed by atoms with van der Waals surface area (Å²) in [5, 5.41) is 3.50. The molecule has 0 unspecified atom stereocenters. The van der Waals surface area contributed by atoms with Crippen molar-refractivity contribution in [3.63, 3.8) is 0 Å². The van der Waals surface area contributed by atoms with Gasteiger partial charge in [0.05, 0.1) is 19.2 Å². The maximum absolute atomic E-state index is 12.2. The highest BCUT2D eigenvalue weighted by molar-refractivity contribution is 6.31. The summed E-state index contributed by atoms with van der Waals surface area (Å²) in [6, 6.07) is 11.4. The van der Waals surface area contributed by atoms with Gasteiger partial charge >= 0.3 is 0 Å². The molecule has 21 heavy (non-hydrogen) atoms. The number of nitrogens with one attached hydrogen (secondary N) is 1. The van der Waals surface area contributed by atoms with E-state index in [0.717, 1.165) is 16.7 Å². The van der Waals surface area contributed by atoms with E-state index in [2.05, 4.69) is 5.32 Å². The molecule has 0 heterocycles. The van der Waals surface area contributed by atoms with Crippen LogP contribution in [0.1, 0.15) is 16.7 Å². The van der Waals surface area contributed by atoms with Crippen LogP contribution in [0.5, 0.6) is 5.75 Å². The molecule has 1 N–H and O–H groups in total. The number of hydrogen-bond acceptors (Lipinski definition) is 2. The van der Waals surface area contributed by atoms with Crippen molar-refractivity contribution in [2.45, 2.75) is 20.3 Å². The van der Waals surface area contributed by atoms with Crippen LogP contribution in [0.2, 0.25) is 5.02 Å². The van der Waals surface area contributed by atoms with Gasteiger partial charge in [-0.25, -0.2) is 0 Å². The molecule has 2 aromatic carbocycles. The van der Waals surface area contributed by atoms with E-state index in [1.54, 1.807) is 13.2 Å². The SMILES string of the molecule is COc1cc(Cl)c(C)cc1NC(=O)Cc1ccccc1C. The average molecular weight is 304 g/mol. The summed E-state index contributed by atoms with van der Waals surface area (Å²) >= 11 is 6.06. The molecule has 4 heteroatoms. The van der Waals surface area contributed by atoms with Crippen LogP contribution >= 0.6 is 11.6 Å². The van der Waals surface area contributed by atoms with E-state index in [1.807, 2.05) is 44.2 Å². The summed E-state index contributed by atoms with van der Waals surface area (Å²) in [6.07, 6.45) is 0.331. The number of benzene rings is 2. The van der Waals surface area contributed by atoms with Crippen molar-refractivity contribution in [2.24, 2.45) is 0 Å². The molecule has 0 atom stereocenters. The van der Waals surface area contributed by atoms with Crippen LogP contribution in [0, 0.1) is 13.8 Å². The Bertz CT molecular complexity index is 668. The van der Waals surface area contributed by atoms with Crippen molar-refractivity contribution in [3.05, 3.63) is 58.1 Å². The summed E-state index contributed by atoms with van der Waals surface area (Å²) in [4.78, 5) is 12.2. The van der Waals surface area contributed by atoms with Gasteiger partial charge in [-0.05, 0) is 36.6 Å². The van der Waals surface area contributed by atoms with Gasteiger partial charge in [0.2, 0.25) is 5.91 Å². The summed E-state index contributed by atoms with van der Waals surface area (Å²) in [5.74, 6) is 0.480. The van der Waals surface area contributed by atoms with Crippen LogP contribution in [-0.2, 0) is 11.2 Å². The first-order chi connectivity index (χ1) is 10.0. The van der Waals surface area contributed by atoms with Gasteiger partial charge in [-0.1, -0.05) is 35.9 Å². The molecule has 3 nitrogen and oxygen atoms in total. The van der Waals surface area contributed by atoms with Gasteiger partial charge in [0.15, 0.2) is 0 Å². The highest BCUT2D eigenvalue weighted by Crippen LogP contribution is 2.31. The van der Waals surface area contributed by atoms with Gasteiger partial charge in [0.1, 0.15) is 5.75 Å². The van der Waals surface area contributed by atoms with E-state index >= 15 is 0 Å². The highest BCUT2D eigenvalue weighted by atomic mass is 35.5. The topological polar surface area (TPSA) is 38.3 Å². The molecule has 110 valence electrons. The standard InChI is InChI=1S/C17H18ClNO2/c1-11-6-4-5-7-13(11)9-17(20)19-15-8-12(2)14(18)10-16(15)21-3/h4-8,10H,9H2,1-3H3,(H,19,20). The zero-order valence-electron chi connectivity index (χ0n) is 12.4. The first-order valence-electron chi connectivity index (χ1n) is 6.69. The molecule has 0 aromatic heterocycles. The minimum absolute atomic E-state index is 0.0793. The van der Waals surface area contributed by atoms with E-state index in [-0.39, 0.29) is 5.91 Å². The Labute approximate surface area is 129 Å². The van der Waals surface area contributed by atoms with Crippen LogP contribution in [0.15, 0.2) is 36.4 Å². The fourth-order valence-electron chi connectivity index (χ4n) is 2.11. The lowest BCUT2D eigenvalue weighted by Gasteiger charge is -2.13. The lowest BCUT2D eigenvalue weighted by Crippen LogP contribution is -2.15. The Morgan fingerprint density at radius 3 is 2.57 bits per heavy atom. The lowest BCUT2D eigenvalue weighted by molar-refractivity contribution is -0.115. The van der Waals surface area contributed by atoms with Gasteiger partial charge in [-0.2, -0.15) is 0 Å². The van der Waals surface area contributed by atoms with Gasteiger partial charge in [-0.3, -0.25) is 4.79 Å². The molecular formula is C17H18ClNO2. The fraction of sp³-hybridized carbons (Fsp3) is 0.235. The van der Waals surface area contributed by atoms with Gasteiger partial charge in [0.25, 0.3) is 0 Å². The summed E-state index contributed by atoms with van der Waals surface area (Å²) in [5.41, 5.74) is 3.65. The van der Waals surface area contributed by atoms with E-state index in [1.165, 1.54) is 0 Å². The van der Waals surface area contributed by atoms with Crippen molar-refractivity contribution >= 4 is 23.2 Å². The van der Waals surface area contributed by atoms with Crippen molar-refractivity contribution < 1.29 is 9.53 Å². The first kappa shape index (κ1) is 15.4. The number of methoxy groups -OCH3 is 1. The van der Waals surface area contributed by atoms with Crippen LogP contribution in [0.3, 0.4) is 0 Å². The number of carbonyl (C=O) groups excluding carboxylic acids is 1. The zero-order valence-corrected chi connectivity index (χ0v) is 13.1. The molecule has 2 aromatic rings. The second-order valence-electron chi connectivity index (χ2n) is 4.95. The molecule has 0 fully saturated rings. The van der Waals surface area contributed by atoms with Crippen molar-refractivity contribution in [3.8, 4) is 5.75 Å². The van der Waals surface area contributed by atoms with Crippen LogP contribution in [0.25, 0.3) is 0 Å². The number of ether oxygens (including phenoxy) is 1. The number of aryl methyl sites for hydroxylation is 2. The minimum atomic E-state index is -0.0793. The van der Waals surface area contributed by atoms with E-state index in [0.29, 0.717) is 22.9 Å². The van der Waals surface area contributed by atoms with Crippen molar-refractivity contribution in [1.29, 1.82) is 0 Å². The molecular weight excluding hydrogens is 286 g/mol. The molecule has 0 aliphatic carbocycles. The molecule has 1 amide bonds. The maximum Gasteiger partial charge on any atom is 0.228 e. The van der Waals surface area contributed by atoms with Crippen LogP contribution in [-0.4, -0.2) is 13.0 Å². The second-order valence-corrected chi connectivity index (χ2v) is 5.36. The number of carbonyl (C=O) groups is 1. The third kappa shape index (κ3) is 3.76. The quantitative estimate of drug-likeness (QED) is 0.921. The third-order valence-electron chi connectivity index (χ3n) is 3.37. The van der Waals surface area contributed by atoms with Crippen LogP contribution in [0.4, 0.5) is 5.69 Å². The molecule has 0 spiro atoms. The van der Waals surface area contributed by atoms with Gasteiger partial charge < -0.3 is 10.1 Å². The van der Waals surface area contributed by atoms with Gasteiger partial charge in [0, 0.05) is 11.1 Å². The molecule has 0 saturated carbocycles. The summed E-state index contributed by atoms with van der Waals surface area (Å²) in [6.45, 7) is 3.88. The minimum Gasteiger partial charge on any atom is -0.495 e. The second kappa shape index (κ2) is 6.64. The number of anilines is 1. The Balaban J connectivity index is 2.17. The number of rotatable bonds is 4. The first-order valence-corrected chi connectivity index (χ1v) is 7.07. The molecule has 0 aliphatic heterocycles. The number of hydrogen-bond donors (Lipinski definition) is 1. The summed E-state index contributed by atoms with van der Waals surface area (Å²) < 4.78 is 5.26. The van der Waals surface area contributed by atoms with E-state index < -0.39 is 0 Å². The average Bonchev–Trinajstić information content (AvgIpc) is 2.45. The Morgan fingerprint density at radius 1 is 1.19 bits per heavy atom. The molecule has 2 rings (SSSR count). The number of halogens is 1. The molecule has 0 aliphatic rings. The monoisotopic (exact) mass is 303 g/mol. The Kier molecular flexibility index (Phi) is 4.86. The largest absolute Gasteiger partial charge is 0.495 e. The third-order valence-corrected chi connectivity index (χ3v) is 3.77. The van der Waals surface area contributed by atoms with Crippen LogP contribution < -0.4 is 10.1 Å². The zero-order chi connectivity index (χ0) is 15.4. The van der Waals surface area contributed by atoms with Crippen molar-refractivity contribution in [2.75, 3.05) is 12.4 Å². The Hall–Kier alpha value is -2.00. The smallest absolute Gasteiger partial charge is 0.228 e. The highest BCUT2D eigenvalue weighted by Gasteiger charge is 2.11. The lowest BCUT2D eigenvalue weighted by atomic mass is 10.1. The van der Waals surface area contributed by atoms with Crippen molar-refractivity contribution in [1.82, 2.24) is 0 Å². The predicted molar refractivity (Wildman–Crippen MR) is 86.3 cm³/mol. The number of amides is 1. The van der Waals surface area contributed by atoms with Gasteiger partial charge in [-0.15, -0.1) is 0 Å². The van der Waals surface area contributed by atoms with E-state index in [4.69, 9.17) is 16.3 Å². The summed E-state index contributed by atoms with van der Waals surface area (Å²) in [7, 11) is 1.55. The Morgan fingerprint density at radius 2 is 1.90 bits per heavy atom. The fourth-order valence-corrected chi connectivity index (χ4v) is 2.26. The predicted octanol–water partition coefficient (Wildman–Crippen LogP) is 4.15. The molecule has 0 radical (unpaired) electrons. The van der Waals surface area contributed by atoms with E-state index in [9.17, 15) is 4.79 Å². The molecule has 0 saturated heterocycles. The maximum atomic E-state index is 12.2. The molecule has 0 bridgehead atoms.